The number of rotatable bonds is 7. The predicted octanol–water partition coefficient (Wildman–Crippen LogP) is 3.97. The lowest BCUT2D eigenvalue weighted by Crippen LogP contribution is -2.48. The Labute approximate surface area is 182 Å². The summed E-state index contributed by atoms with van der Waals surface area (Å²) in [6, 6.07) is 13.1. The standard InChI is InChI=1S/C23H26ClN3O3/c1-3-12-30-22-20(24)13-19(14-21(22)29-2)23(28)27-10-8-26(9-11-27)16-18-6-4-17(15-25)5-7-18/h4-7,13-14H,3,8-12,16H2,1-2H3. The van der Waals surface area contributed by atoms with Crippen LogP contribution in [0.15, 0.2) is 36.4 Å². The molecule has 1 amide bonds. The van der Waals surface area contributed by atoms with Gasteiger partial charge in [-0.05, 0) is 36.2 Å². The van der Waals surface area contributed by atoms with Crippen LogP contribution in [0.5, 0.6) is 11.5 Å². The third kappa shape index (κ3) is 5.24. The summed E-state index contributed by atoms with van der Waals surface area (Å²) in [5.41, 5.74) is 2.32. The highest BCUT2D eigenvalue weighted by Crippen LogP contribution is 2.37. The number of nitriles is 1. The third-order valence-electron chi connectivity index (χ3n) is 5.08. The number of methoxy groups -OCH3 is 1. The van der Waals surface area contributed by atoms with Crippen LogP contribution in [0.3, 0.4) is 0 Å². The van der Waals surface area contributed by atoms with Crippen LogP contribution in [0.2, 0.25) is 5.02 Å². The zero-order valence-corrected chi connectivity index (χ0v) is 18.1. The van der Waals surface area contributed by atoms with Gasteiger partial charge in [-0.1, -0.05) is 30.7 Å². The van der Waals surface area contributed by atoms with Crippen LogP contribution in [0.1, 0.15) is 34.8 Å². The lowest BCUT2D eigenvalue weighted by Gasteiger charge is -2.35. The summed E-state index contributed by atoms with van der Waals surface area (Å²) in [6.45, 7) is 6.20. The summed E-state index contributed by atoms with van der Waals surface area (Å²) < 4.78 is 11.1. The number of piperazine rings is 1. The van der Waals surface area contributed by atoms with E-state index in [9.17, 15) is 4.79 Å². The molecular weight excluding hydrogens is 402 g/mol. The third-order valence-corrected chi connectivity index (χ3v) is 5.36. The van der Waals surface area contributed by atoms with Crippen LogP contribution >= 0.6 is 11.6 Å². The number of carbonyl (C=O) groups excluding carboxylic acids is 1. The Bertz CT molecular complexity index is 917. The fraction of sp³-hybridized carbons (Fsp3) is 0.391. The number of ether oxygens (including phenoxy) is 2. The highest BCUT2D eigenvalue weighted by Gasteiger charge is 2.24. The number of carbonyl (C=O) groups is 1. The first kappa shape index (κ1) is 21.9. The van der Waals surface area contributed by atoms with Crippen molar-refractivity contribution in [3.63, 3.8) is 0 Å². The Morgan fingerprint density at radius 2 is 1.87 bits per heavy atom. The van der Waals surface area contributed by atoms with E-state index in [0.717, 1.165) is 31.6 Å². The topological polar surface area (TPSA) is 65.8 Å². The van der Waals surface area contributed by atoms with Gasteiger partial charge in [0.25, 0.3) is 5.91 Å². The molecule has 1 fully saturated rings. The maximum atomic E-state index is 13.0. The van der Waals surface area contributed by atoms with E-state index in [0.29, 0.717) is 47.3 Å². The predicted molar refractivity (Wildman–Crippen MR) is 116 cm³/mol. The summed E-state index contributed by atoms with van der Waals surface area (Å²) in [4.78, 5) is 17.1. The Morgan fingerprint density at radius 3 is 2.47 bits per heavy atom. The molecule has 0 aromatic heterocycles. The zero-order valence-electron chi connectivity index (χ0n) is 17.4. The molecule has 2 aromatic carbocycles. The van der Waals surface area contributed by atoms with Crippen molar-refractivity contribution in [3.8, 4) is 17.6 Å². The maximum Gasteiger partial charge on any atom is 0.254 e. The van der Waals surface area contributed by atoms with Gasteiger partial charge in [-0.3, -0.25) is 9.69 Å². The largest absolute Gasteiger partial charge is 0.493 e. The lowest BCUT2D eigenvalue weighted by molar-refractivity contribution is 0.0628. The van der Waals surface area contributed by atoms with Gasteiger partial charge < -0.3 is 14.4 Å². The molecule has 158 valence electrons. The summed E-state index contributed by atoms with van der Waals surface area (Å²) >= 11 is 6.36. The Morgan fingerprint density at radius 1 is 1.17 bits per heavy atom. The molecule has 0 N–H and O–H groups in total. The molecule has 0 unspecified atom stereocenters. The van der Waals surface area contributed by atoms with Crippen LogP contribution < -0.4 is 9.47 Å². The molecule has 2 aromatic rings. The molecule has 0 atom stereocenters. The normalized spacial score (nSPS) is 14.3. The van der Waals surface area contributed by atoms with Crippen LogP contribution in [0, 0.1) is 11.3 Å². The number of halogens is 1. The van der Waals surface area contributed by atoms with Gasteiger partial charge in [-0.25, -0.2) is 0 Å². The second-order valence-electron chi connectivity index (χ2n) is 7.21. The summed E-state index contributed by atoms with van der Waals surface area (Å²) in [6.07, 6.45) is 0.854. The van der Waals surface area contributed by atoms with Gasteiger partial charge in [0.15, 0.2) is 11.5 Å². The van der Waals surface area contributed by atoms with E-state index in [1.165, 1.54) is 0 Å². The van der Waals surface area contributed by atoms with Crippen LogP contribution in [0.4, 0.5) is 0 Å². The molecule has 30 heavy (non-hydrogen) atoms. The second kappa shape index (κ2) is 10.3. The highest BCUT2D eigenvalue weighted by atomic mass is 35.5. The van der Waals surface area contributed by atoms with Gasteiger partial charge in [-0.15, -0.1) is 0 Å². The minimum absolute atomic E-state index is 0.0599. The van der Waals surface area contributed by atoms with Gasteiger partial charge in [0.2, 0.25) is 0 Å². The average Bonchev–Trinajstić information content (AvgIpc) is 2.78. The van der Waals surface area contributed by atoms with Gasteiger partial charge in [0.1, 0.15) is 0 Å². The van der Waals surface area contributed by atoms with E-state index in [-0.39, 0.29) is 5.91 Å². The van der Waals surface area contributed by atoms with Crippen molar-refractivity contribution < 1.29 is 14.3 Å². The summed E-state index contributed by atoms with van der Waals surface area (Å²) in [7, 11) is 1.54. The molecule has 1 saturated heterocycles. The van der Waals surface area contributed by atoms with E-state index in [1.54, 1.807) is 19.2 Å². The molecule has 1 aliphatic heterocycles. The Balaban J connectivity index is 1.62. The fourth-order valence-electron chi connectivity index (χ4n) is 3.42. The van der Waals surface area contributed by atoms with E-state index in [4.69, 9.17) is 26.3 Å². The second-order valence-corrected chi connectivity index (χ2v) is 7.62. The van der Waals surface area contributed by atoms with E-state index in [1.807, 2.05) is 36.1 Å². The first-order chi connectivity index (χ1) is 14.5. The maximum absolute atomic E-state index is 13.0. The molecule has 0 aliphatic carbocycles. The van der Waals surface area contributed by atoms with Crippen molar-refractivity contribution >= 4 is 17.5 Å². The molecular formula is C23H26ClN3O3. The van der Waals surface area contributed by atoms with Crippen LogP contribution in [0.25, 0.3) is 0 Å². The number of benzene rings is 2. The smallest absolute Gasteiger partial charge is 0.254 e. The van der Waals surface area contributed by atoms with E-state index >= 15 is 0 Å². The number of hydrogen-bond donors (Lipinski definition) is 0. The fourth-order valence-corrected chi connectivity index (χ4v) is 3.69. The average molecular weight is 428 g/mol. The molecule has 0 bridgehead atoms. The van der Waals surface area contributed by atoms with Crippen molar-refractivity contribution in [2.75, 3.05) is 39.9 Å². The molecule has 6 nitrogen and oxygen atoms in total. The number of amides is 1. The van der Waals surface area contributed by atoms with Crippen molar-refractivity contribution in [3.05, 3.63) is 58.1 Å². The van der Waals surface area contributed by atoms with E-state index < -0.39 is 0 Å². The van der Waals surface area contributed by atoms with Crippen molar-refractivity contribution in [1.29, 1.82) is 5.26 Å². The van der Waals surface area contributed by atoms with Gasteiger partial charge in [0, 0.05) is 38.3 Å². The van der Waals surface area contributed by atoms with Crippen LogP contribution in [-0.4, -0.2) is 55.6 Å². The summed E-state index contributed by atoms with van der Waals surface area (Å²) in [5.74, 6) is 0.888. The van der Waals surface area contributed by atoms with Gasteiger partial charge >= 0.3 is 0 Å². The minimum Gasteiger partial charge on any atom is -0.493 e. The molecule has 0 saturated carbocycles. The first-order valence-electron chi connectivity index (χ1n) is 10.1. The molecule has 7 heteroatoms. The SMILES string of the molecule is CCCOc1c(Cl)cc(C(=O)N2CCN(Cc3ccc(C#N)cc3)CC2)cc1OC. The first-order valence-corrected chi connectivity index (χ1v) is 10.4. The molecule has 1 heterocycles. The quantitative estimate of drug-likeness (QED) is 0.669. The van der Waals surface area contributed by atoms with Gasteiger partial charge in [0.05, 0.1) is 30.4 Å². The van der Waals surface area contributed by atoms with Gasteiger partial charge in [-0.2, -0.15) is 5.26 Å². The molecule has 1 aliphatic rings. The Kier molecular flexibility index (Phi) is 7.56. The monoisotopic (exact) mass is 427 g/mol. The van der Waals surface area contributed by atoms with E-state index in [2.05, 4.69) is 11.0 Å². The zero-order chi connectivity index (χ0) is 21.5. The molecule has 0 radical (unpaired) electrons. The minimum atomic E-state index is -0.0599. The van der Waals surface area contributed by atoms with Crippen molar-refractivity contribution in [2.24, 2.45) is 0 Å². The number of nitrogens with zero attached hydrogens (tertiary/aromatic N) is 3. The molecule has 0 spiro atoms. The van der Waals surface area contributed by atoms with Crippen molar-refractivity contribution in [1.82, 2.24) is 9.80 Å². The lowest BCUT2D eigenvalue weighted by atomic mass is 10.1. The Hall–Kier alpha value is -2.75. The van der Waals surface area contributed by atoms with Crippen LogP contribution in [-0.2, 0) is 6.54 Å². The molecule has 3 rings (SSSR count). The highest BCUT2D eigenvalue weighted by molar-refractivity contribution is 6.32. The number of hydrogen-bond acceptors (Lipinski definition) is 5. The van der Waals surface area contributed by atoms with Crippen molar-refractivity contribution in [2.45, 2.75) is 19.9 Å². The summed E-state index contributed by atoms with van der Waals surface area (Å²) in [5, 5.41) is 9.29.